The highest BCUT2D eigenvalue weighted by Crippen LogP contribution is 2.33. The number of aromatic nitrogens is 1. The van der Waals surface area contributed by atoms with Gasteiger partial charge in [0.1, 0.15) is 11.9 Å². The number of piperazine rings is 1. The fourth-order valence-electron chi connectivity index (χ4n) is 4.72. The van der Waals surface area contributed by atoms with Crippen LogP contribution < -0.4 is 15.5 Å². The van der Waals surface area contributed by atoms with Gasteiger partial charge in [-0.15, -0.1) is 0 Å². The molecule has 1 aliphatic heterocycles. The predicted molar refractivity (Wildman–Crippen MR) is 157 cm³/mol. The van der Waals surface area contributed by atoms with Crippen molar-refractivity contribution in [3.05, 3.63) is 94.4 Å². The van der Waals surface area contributed by atoms with Crippen molar-refractivity contribution in [1.82, 2.24) is 15.2 Å². The molecule has 1 saturated heterocycles. The largest absolute Gasteiger partial charge is 0.367 e. The van der Waals surface area contributed by atoms with Gasteiger partial charge in [0.05, 0.1) is 21.4 Å². The molecule has 1 amide bonds. The average Bonchev–Trinajstić information content (AvgIpc) is 3.34. The van der Waals surface area contributed by atoms with Crippen LogP contribution in [-0.2, 0) is 11.2 Å². The van der Waals surface area contributed by atoms with Crippen LogP contribution in [-0.4, -0.2) is 53.1 Å². The number of carbonyl (C=O) groups excluding carboxylic acids is 1. The second-order valence-corrected chi connectivity index (χ2v) is 10.3. The summed E-state index contributed by atoms with van der Waals surface area (Å²) in [4.78, 5) is 21.0. The van der Waals surface area contributed by atoms with Crippen molar-refractivity contribution in [2.45, 2.75) is 12.5 Å². The zero-order valence-corrected chi connectivity index (χ0v) is 22.7. The van der Waals surface area contributed by atoms with Crippen LogP contribution in [0.25, 0.3) is 10.9 Å². The van der Waals surface area contributed by atoms with Gasteiger partial charge < -0.3 is 25.4 Å². The smallest absolute Gasteiger partial charge is 0.245 e. The molecule has 38 heavy (non-hydrogen) atoms. The molecule has 0 aliphatic carbocycles. The van der Waals surface area contributed by atoms with Crippen LogP contribution >= 0.6 is 35.4 Å². The number of H-pyrrole nitrogens is 1. The Morgan fingerprint density at radius 3 is 2.53 bits per heavy atom. The van der Waals surface area contributed by atoms with Crippen molar-refractivity contribution in [3.63, 3.8) is 0 Å². The first-order valence-corrected chi connectivity index (χ1v) is 13.4. The average molecular weight is 571 g/mol. The summed E-state index contributed by atoms with van der Waals surface area (Å²) in [6, 6.07) is 19.1. The summed E-state index contributed by atoms with van der Waals surface area (Å²) in [6.45, 7) is 2.26. The SMILES string of the molecule is O=C([C@H](Cc1c[nH]c2ccccc12)NC(=S)Nc1ccccc1F)N1CCN(c2cccc(Cl)c2Cl)CC1. The highest BCUT2D eigenvalue weighted by Gasteiger charge is 2.30. The van der Waals surface area contributed by atoms with Gasteiger partial charge in [0.25, 0.3) is 0 Å². The Morgan fingerprint density at radius 2 is 1.74 bits per heavy atom. The van der Waals surface area contributed by atoms with E-state index in [-0.39, 0.29) is 16.7 Å². The summed E-state index contributed by atoms with van der Waals surface area (Å²) in [5, 5.41) is 8.27. The Labute approximate surface area is 235 Å². The number of aromatic amines is 1. The van der Waals surface area contributed by atoms with Crippen LogP contribution in [0.5, 0.6) is 0 Å². The number of nitrogens with zero attached hydrogens (tertiary/aromatic N) is 2. The number of thiocarbonyl (C=S) groups is 1. The summed E-state index contributed by atoms with van der Waals surface area (Å²) >= 11 is 18.1. The second kappa shape index (κ2) is 11.6. The van der Waals surface area contributed by atoms with E-state index in [9.17, 15) is 9.18 Å². The molecule has 0 radical (unpaired) electrons. The molecule has 0 bridgehead atoms. The van der Waals surface area contributed by atoms with Gasteiger partial charge >= 0.3 is 0 Å². The quantitative estimate of drug-likeness (QED) is 0.254. The molecule has 3 aromatic carbocycles. The lowest BCUT2D eigenvalue weighted by molar-refractivity contribution is -0.133. The van der Waals surface area contributed by atoms with Gasteiger partial charge in [-0.2, -0.15) is 0 Å². The zero-order valence-electron chi connectivity index (χ0n) is 20.4. The number of halogens is 3. The molecule has 0 unspecified atom stereocenters. The third kappa shape index (κ3) is 5.72. The van der Waals surface area contributed by atoms with Gasteiger partial charge in [-0.3, -0.25) is 4.79 Å². The summed E-state index contributed by atoms with van der Waals surface area (Å²) in [5.41, 5.74) is 3.09. The van der Waals surface area contributed by atoms with E-state index >= 15 is 0 Å². The van der Waals surface area contributed by atoms with Crippen molar-refractivity contribution < 1.29 is 9.18 Å². The van der Waals surface area contributed by atoms with Crippen LogP contribution in [0.3, 0.4) is 0 Å². The number of hydrogen-bond donors (Lipinski definition) is 3. The van der Waals surface area contributed by atoms with Gasteiger partial charge in [-0.1, -0.05) is 59.6 Å². The number of rotatable bonds is 6. The second-order valence-electron chi connectivity index (χ2n) is 9.08. The van der Waals surface area contributed by atoms with E-state index in [0.29, 0.717) is 42.6 Å². The van der Waals surface area contributed by atoms with Crippen molar-refractivity contribution in [3.8, 4) is 0 Å². The number of para-hydroxylation sites is 2. The molecule has 1 aromatic heterocycles. The third-order valence-electron chi connectivity index (χ3n) is 6.69. The van der Waals surface area contributed by atoms with Gasteiger partial charge in [0.15, 0.2) is 5.11 Å². The molecule has 10 heteroatoms. The molecule has 5 rings (SSSR count). The lowest BCUT2D eigenvalue weighted by Crippen LogP contribution is -2.56. The maximum absolute atomic E-state index is 14.2. The Bertz CT molecular complexity index is 1470. The van der Waals surface area contributed by atoms with Gasteiger partial charge in [-0.25, -0.2) is 4.39 Å². The number of nitrogens with one attached hydrogen (secondary N) is 3. The minimum atomic E-state index is -0.651. The Morgan fingerprint density at radius 1 is 1.00 bits per heavy atom. The lowest BCUT2D eigenvalue weighted by Gasteiger charge is -2.38. The molecule has 2 heterocycles. The summed E-state index contributed by atoms with van der Waals surface area (Å²) in [7, 11) is 0. The number of anilines is 2. The molecule has 1 atom stereocenters. The van der Waals surface area contributed by atoms with Gasteiger partial charge in [0, 0.05) is 49.7 Å². The minimum Gasteiger partial charge on any atom is -0.367 e. The molecule has 0 spiro atoms. The Kier molecular flexibility index (Phi) is 8.02. The summed E-state index contributed by atoms with van der Waals surface area (Å²) in [6.07, 6.45) is 2.32. The van der Waals surface area contributed by atoms with E-state index in [1.807, 2.05) is 47.5 Å². The fourth-order valence-corrected chi connectivity index (χ4v) is 5.39. The van der Waals surface area contributed by atoms with Crippen LogP contribution in [0.2, 0.25) is 10.0 Å². The molecule has 1 aliphatic rings. The minimum absolute atomic E-state index is 0.0789. The molecule has 196 valence electrons. The maximum Gasteiger partial charge on any atom is 0.245 e. The van der Waals surface area contributed by atoms with E-state index in [1.165, 1.54) is 6.07 Å². The summed E-state index contributed by atoms with van der Waals surface area (Å²) < 4.78 is 14.2. The number of hydrogen-bond acceptors (Lipinski definition) is 3. The highest BCUT2D eigenvalue weighted by molar-refractivity contribution is 7.80. The maximum atomic E-state index is 14.2. The Balaban J connectivity index is 1.32. The lowest BCUT2D eigenvalue weighted by atomic mass is 10.0. The van der Waals surface area contributed by atoms with Crippen molar-refractivity contribution >= 4 is 68.7 Å². The van der Waals surface area contributed by atoms with Crippen LogP contribution in [0.1, 0.15) is 5.56 Å². The zero-order chi connectivity index (χ0) is 26.6. The van der Waals surface area contributed by atoms with Crippen molar-refractivity contribution in [2.75, 3.05) is 36.4 Å². The van der Waals surface area contributed by atoms with E-state index in [0.717, 1.165) is 22.2 Å². The van der Waals surface area contributed by atoms with Crippen molar-refractivity contribution in [2.24, 2.45) is 0 Å². The first-order valence-electron chi connectivity index (χ1n) is 12.3. The molecular formula is C28H26Cl2FN5OS. The van der Waals surface area contributed by atoms with Gasteiger partial charge in [0.2, 0.25) is 5.91 Å². The molecule has 0 saturated carbocycles. The highest BCUT2D eigenvalue weighted by atomic mass is 35.5. The fraction of sp³-hybridized carbons (Fsp3) is 0.214. The molecular weight excluding hydrogens is 544 g/mol. The topological polar surface area (TPSA) is 63.4 Å². The normalized spacial score (nSPS) is 14.4. The van der Waals surface area contributed by atoms with Crippen molar-refractivity contribution in [1.29, 1.82) is 0 Å². The first-order chi connectivity index (χ1) is 18.4. The first kappa shape index (κ1) is 26.3. The Hall–Kier alpha value is -3.33. The third-order valence-corrected chi connectivity index (χ3v) is 7.72. The monoisotopic (exact) mass is 569 g/mol. The van der Waals surface area contributed by atoms with E-state index in [4.69, 9.17) is 35.4 Å². The number of carbonyl (C=O) groups is 1. The van der Waals surface area contributed by atoms with E-state index in [2.05, 4.69) is 20.5 Å². The number of fused-ring (bicyclic) bond motifs is 1. The van der Waals surface area contributed by atoms with Crippen LogP contribution in [0.15, 0.2) is 72.9 Å². The van der Waals surface area contributed by atoms with Crippen LogP contribution in [0, 0.1) is 5.82 Å². The molecule has 6 nitrogen and oxygen atoms in total. The molecule has 3 N–H and O–H groups in total. The van der Waals surface area contributed by atoms with E-state index in [1.54, 1.807) is 24.3 Å². The predicted octanol–water partition coefficient (Wildman–Crippen LogP) is 5.86. The number of benzene rings is 3. The summed E-state index contributed by atoms with van der Waals surface area (Å²) in [5.74, 6) is -0.503. The number of amides is 1. The molecule has 1 fully saturated rings. The van der Waals surface area contributed by atoms with E-state index < -0.39 is 11.9 Å². The molecule has 4 aromatic rings. The standard InChI is InChI=1S/C28H26Cl2FN5OS/c29-20-7-5-11-25(26(20)30)35-12-14-36(15-13-35)27(37)24(16-18-17-32-22-9-3-1-6-19(18)22)34-28(38)33-23-10-4-2-8-21(23)31/h1-11,17,24,32H,12-16H2,(H2,33,34,38)/t24-/m0/s1. The van der Waals surface area contributed by atoms with Gasteiger partial charge in [-0.05, 0) is 48.1 Å². The van der Waals surface area contributed by atoms with Crippen LogP contribution in [0.4, 0.5) is 15.8 Å².